The number of aromatic nitrogens is 2. The van der Waals surface area contributed by atoms with Crippen LogP contribution in [0, 0.1) is 6.92 Å². The second-order valence-corrected chi connectivity index (χ2v) is 4.30. The Morgan fingerprint density at radius 1 is 1.47 bits per heavy atom. The Labute approximate surface area is 102 Å². The van der Waals surface area contributed by atoms with Crippen LogP contribution in [0.3, 0.4) is 0 Å². The van der Waals surface area contributed by atoms with Gasteiger partial charge in [0, 0.05) is 17.9 Å². The van der Waals surface area contributed by atoms with Gasteiger partial charge in [0.25, 0.3) is 0 Å². The highest BCUT2D eigenvalue weighted by atomic mass is 16.4. The molecule has 5 heteroatoms. The first-order valence-electron chi connectivity index (χ1n) is 5.76. The topological polar surface area (TPSA) is 66.3 Å². The SMILES string of the molecule is CCN(CC(=O)O)c1nc(C)cc(C(C)C)n1. The minimum Gasteiger partial charge on any atom is -0.480 e. The first-order valence-corrected chi connectivity index (χ1v) is 5.76. The van der Waals surface area contributed by atoms with Crippen LogP contribution < -0.4 is 4.90 Å². The van der Waals surface area contributed by atoms with Crippen molar-refractivity contribution in [2.24, 2.45) is 0 Å². The molecule has 5 nitrogen and oxygen atoms in total. The molecule has 1 rings (SSSR count). The normalized spacial score (nSPS) is 10.6. The molecule has 1 N–H and O–H groups in total. The van der Waals surface area contributed by atoms with Gasteiger partial charge >= 0.3 is 5.97 Å². The van der Waals surface area contributed by atoms with Crippen LogP contribution >= 0.6 is 0 Å². The standard InChI is InChI=1S/C12H19N3O2/c1-5-15(7-11(16)17)12-13-9(4)6-10(14-12)8(2)3/h6,8H,5,7H2,1-4H3,(H,16,17). The van der Waals surface area contributed by atoms with E-state index in [-0.39, 0.29) is 6.54 Å². The summed E-state index contributed by atoms with van der Waals surface area (Å²) in [6.45, 7) is 8.40. The summed E-state index contributed by atoms with van der Waals surface area (Å²) in [7, 11) is 0. The third-order valence-electron chi connectivity index (χ3n) is 2.44. The molecule has 1 aromatic heterocycles. The predicted octanol–water partition coefficient (Wildman–Crippen LogP) is 1.82. The summed E-state index contributed by atoms with van der Waals surface area (Å²) in [5.41, 5.74) is 1.80. The second kappa shape index (κ2) is 5.61. The molecule has 0 aliphatic heterocycles. The van der Waals surface area contributed by atoms with E-state index in [9.17, 15) is 4.79 Å². The summed E-state index contributed by atoms with van der Waals surface area (Å²) in [6.07, 6.45) is 0. The maximum atomic E-state index is 10.7. The maximum Gasteiger partial charge on any atom is 0.323 e. The summed E-state index contributed by atoms with van der Waals surface area (Å²) < 4.78 is 0. The molecule has 0 aliphatic carbocycles. The molecule has 0 spiro atoms. The summed E-state index contributed by atoms with van der Waals surface area (Å²) in [4.78, 5) is 21.1. The number of rotatable bonds is 5. The monoisotopic (exact) mass is 237 g/mol. The molecule has 0 saturated carbocycles. The summed E-state index contributed by atoms with van der Waals surface area (Å²) in [5.74, 6) is -0.0689. The van der Waals surface area contributed by atoms with E-state index in [1.54, 1.807) is 4.90 Å². The van der Waals surface area contributed by atoms with Crippen LogP contribution in [-0.2, 0) is 4.79 Å². The summed E-state index contributed by atoms with van der Waals surface area (Å²) in [5, 5.41) is 8.83. The molecule has 17 heavy (non-hydrogen) atoms. The van der Waals surface area contributed by atoms with E-state index in [1.807, 2.05) is 19.9 Å². The van der Waals surface area contributed by atoms with Crippen molar-refractivity contribution in [2.45, 2.75) is 33.6 Å². The van der Waals surface area contributed by atoms with E-state index in [4.69, 9.17) is 5.11 Å². The zero-order valence-electron chi connectivity index (χ0n) is 10.8. The number of anilines is 1. The van der Waals surface area contributed by atoms with Gasteiger partial charge in [-0.3, -0.25) is 4.79 Å². The highest BCUT2D eigenvalue weighted by molar-refractivity contribution is 5.72. The van der Waals surface area contributed by atoms with E-state index in [0.717, 1.165) is 11.4 Å². The van der Waals surface area contributed by atoms with Gasteiger partial charge in [0.05, 0.1) is 0 Å². The van der Waals surface area contributed by atoms with Crippen LogP contribution in [0.25, 0.3) is 0 Å². The van der Waals surface area contributed by atoms with Crippen molar-refractivity contribution in [3.63, 3.8) is 0 Å². The lowest BCUT2D eigenvalue weighted by atomic mass is 10.1. The molecule has 0 aromatic carbocycles. The molecule has 0 unspecified atom stereocenters. The van der Waals surface area contributed by atoms with Gasteiger partial charge in [-0.2, -0.15) is 0 Å². The minimum absolute atomic E-state index is 0.0719. The van der Waals surface area contributed by atoms with Gasteiger partial charge in [0.1, 0.15) is 6.54 Å². The Balaban J connectivity index is 3.06. The van der Waals surface area contributed by atoms with Crippen LogP contribution in [0.15, 0.2) is 6.07 Å². The third kappa shape index (κ3) is 3.69. The van der Waals surface area contributed by atoms with Gasteiger partial charge in [-0.05, 0) is 25.8 Å². The van der Waals surface area contributed by atoms with Crippen molar-refractivity contribution in [1.82, 2.24) is 9.97 Å². The molecule has 0 aliphatic rings. The fourth-order valence-corrected chi connectivity index (χ4v) is 1.50. The Hall–Kier alpha value is -1.65. The highest BCUT2D eigenvalue weighted by Crippen LogP contribution is 2.16. The number of hydrogen-bond donors (Lipinski definition) is 1. The van der Waals surface area contributed by atoms with Gasteiger partial charge in [-0.25, -0.2) is 9.97 Å². The van der Waals surface area contributed by atoms with Crippen molar-refractivity contribution in [2.75, 3.05) is 18.0 Å². The smallest absolute Gasteiger partial charge is 0.323 e. The van der Waals surface area contributed by atoms with Gasteiger partial charge in [0.15, 0.2) is 0 Å². The molecule has 0 amide bonds. The number of carboxylic acids is 1. The lowest BCUT2D eigenvalue weighted by molar-refractivity contribution is -0.135. The second-order valence-electron chi connectivity index (χ2n) is 4.30. The molecule has 0 bridgehead atoms. The van der Waals surface area contributed by atoms with Gasteiger partial charge in [0.2, 0.25) is 5.95 Å². The van der Waals surface area contributed by atoms with Crippen molar-refractivity contribution in [3.05, 3.63) is 17.5 Å². The summed E-state index contributed by atoms with van der Waals surface area (Å²) >= 11 is 0. The molecule has 1 heterocycles. The quantitative estimate of drug-likeness (QED) is 0.846. The van der Waals surface area contributed by atoms with Gasteiger partial charge in [-0.15, -0.1) is 0 Å². The molecular weight excluding hydrogens is 218 g/mol. The van der Waals surface area contributed by atoms with E-state index in [0.29, 0.717) is 18.4 Å². The zero-order chi connectivity index (χ0) is 13.0. The zero-order valence-corrected chi connectivity index (χ0v) is 10.8. The molecule has 1 aromatic rings. The first-order chi connectivity index (χ1) is 7.93. The third-order valence-corrected chi connectivity index (χ3v) is 2.44. The average Bonchev–Trinajstić information content (AvgIpc) is 2.24. The van der Waals surface area contributed by atoms with E-state index in [2.05, 4.69) is 23.8 Å². The number of likely N-dealkylation sites (N-methyl/N-ethyl adjacent to an activating group) is 1. The van der Waals surface area contributed by atoms with Crippen molar-refractivity contribution in [3.8, 4) is 0 Å². The maximum absolute atomic E-state index is 10.7. The molecule has 0 saturated heterocycles. The number of aryl methyl sites for hydroxylation is 1. The van der Waals surface area contributed by atoms with Crippen LogP contribution in [-0.4, -0.2) is 34.1 Å². The van der Waals surface area contributed by atoms with Crippen LogP contribution in [0.4, 0.5) is 5.95 Å². The Morgan fingerprint density at radius 3 is 2.59 bits per heavy atom. The molecule has 0 radical (unpaired) electrons. The molecular formula is C12H19N3O2. The number of hydrogen-bond acceptors (Lipinski definition) is 4. The Kier molecular flexibility index (Phi) is 4.43. The van der Waals surface area contributed by atoms with Gasteiger partial charge < -0.3 is 10.0 Å². The Bertz CT molecular complexity index is 405. The summed E-state index contributed by atoms with van der Waals surface area (Å²) in [6, 6.07) is 1.93. The van der Waals surface area contributed by atoms with E-state index < -0.39 is 5.97 Å². The molecule has 94 valence electrons. The first kappa shape index (κ1) is 13.4. The number of nitrogens with zero attached hydrogens (tertiary/aromatic N) is 3. The van der Waals surface area contributed by atoms with Crippen LogP contribution in [0.1, 0.15) is 38.1 Å². The average molecular weight is 237 g/mol. The van der Waals surface area contributed by atoms with E-state index >= 15 is 0 Å². The van der Waals surface area contributed by atoms with Crippen LogP contribution in [0.2, 0.25) is 0 Å². The fraction of sp³-hybridized carbons (Fsp3) is 0.583. The van der Waals surface area contributed by atoms with Crippen molar-refractivity contribution >= 4 is 11.9 Å². The number of aliphatic carboxylic acids is 1. The fourth-order valence-electron chi connectivity index (χ4n) is 1.50. The number of carboxylic acid groups (broad SMARTS) is 1. The largest absolute Gasteiger partial charge is 0.480 e. The minimum atomic E-state index is -0.872. The Morgan fingerprint density at radius 2 is 2.12 bits per heavy atom. The van der Waals surface area contributed by atoms with Crippen molar-refractivity contribution < 1.29 is 9.90 Å². The highest BCUT2D eigenvalue weighted by Gasteiger charge is 2.13. The van der Waals surface area contributed by atoms with Crippen molar-refractivity contribution in [1.29, 1.82) is 0 Å². The molecule has 0 fully saturated rings. The van der Waals surface area contributed by atoms with Crippen LogP contribution in [0.5, 0.6) is 0 Å². The van der Waals surface area contributed by atoms with E-state index in [1.165, 1.54) is 0 Å². The number of carbonyl (C=O) groups is 1. The van der Waals surface area contributed by atoms with Gasteiger partial charge in [-0.1, -0.05) is 13.8 Å². The predicted molar refractivity (Wildman–Crippen MR) is 66.4 cm³/mol. The lowest BCUT2D eigenvalue weighted by Gasteiger charge is -2.20. The molecule has 0 atom stereocenters. The lowest BCUT2D eigenvalue weighted by Crippen LogP contribution is -2.31.